The van der Waals surface area contributed by atoms with Crippen molar-refractivity contribution in [1.29, 1.82) is 0 Å². The Balaban J connectivity index is 0.000000163. The van der Waals surface area contributed by atoms with Crippen LogP contribution in [0.15, 0.2) is 171 Å². The van der Waals surface area contributed by atoms with Gasteiger partial charge in [0.05, 0.1) is 19.3 Å². The molecule has 10 rings (SSSR count). The summed E-state index contributed by atoms with van der Waals surface area (Å²) in [6.07, 6.45) is 0.475. The van der Waals surface area contributed by atoms with Crippen LogP contribution in [0, 0.1) is 0 Å². The Morgan fingerprint density at radius 1 is 0.562 bits per heavy atom. The molecule has 3 fully saturated rings. The molecule has 0 saturated carbocycles. The van der Waals surface area contributed by atoms with Gasteiger partial charge in [0.2, 0.25) is 12.1 Å². The molecule has 2 aromatic heterocycles. The molecule has 424 valence electrons. The van der Waals surface area contributed by atoms with Gasteiger partial charge in [-0.15, -0.1) is 0 Å². The van der Waals surface area contributed by atoms with Crippen LogP contribution in [0.25, 0.3) is 11.4 Å². The molecule has 23 nitrogen and oxygen atoms in total. The molecule has 0 radical (unpaired) electrons. The van der Waals surface area contributed by atoms with Crippen LogP contribution >= 0.6 is 0 Å². The van der Waals surface area contributed by atoms with Gasteiger partial charge in [-0.3, -0.25) is 29.1 Å². The summed E-state index contributed by atoms with van der Waals surface area (Å²) in [7, 11) is 7.60. The first-order valence-electron chi connectivity index (χ1n) is 25.8. The topological polar surface area (TPSA) is 227 Å². The number of amides is 8. The molecule has 8 amide bonds. The minimum absolute atomic E-state index is 0.143. The van der Waals surface area contributed by atoms with Crippen LogP contribution in [0.1, 0.15) is 57.2 Å². The molecule has 5 heterocycles. The molecular formula is C57H69N11O12. The van der Waals surface area contributed by atoms with E-state index in [0.717, 1.165) is 60.2 Å². The van der Waals surface area contributed by atoms with Crippen molar-refractivity contribution in [3.8, 4) is 11.4 Å². The first-order chi connectivity index (χ1) is 38.3. The summed E-state index contributed by atoms with van der Waals surface area (Å²) in [5.74, 6) is -0.744. The standard InChI is InChI=1S/C14H15N3O2.C13H17N3O2.C13H16N2O3.C11H12N2O2.C6H9NO3/c1-15-18-16(12-13-8-4-2-5-9-13)17(19-15)14-10-6-3-7-11-14;1-3-4-10-15-12(17)14(2)13(18)16(15)11-8-6-5-7-9-11;1-3-18-12-11(16)14(2)13(17)15(12)9-10-7-5-4-6-8-10;1-12-10(14)8-13(11(12)15)7-9-5-3-2-4-6-9;1-6(2)4(8)7(3)5(9)10-6/h2-11H,12H2,1H3;5-9H,3-4,10H2,1-2H3;4-8,12H,3,9H2,1-2H3;2-6H,7-8H2,1H3;1-3H3. The number of hydrogen-bond acceptors (Lipinski definition) is 12. The second kappa shape index (κ2) is 27.8. The normalized spacial score (nSPS) is 15.4. The number of likely N-dealkylation sites (N-methyl/N-ethyl adjacent to an activating group) is 3. The summed E-state index contributed by atoms with van der Waals surface area (Å²) in [5.41, 5.74) is 3.24. The van der Waals surface area contributed by atoms with Crippen LogP contribution in [-0.4, -0.2) is 135 Å². The third-order valence-electron chi connectivity index (χ3n) is 12.5. The lowest BCUT2D eigenvalue weighted by molar-refractivity contribution is -0.141. The average Bonchev–Trinajstić information content (AvgIpc) is 4.22. The summed E-state index contributed by atoms with van der Waals surface area (Å²) in [6.45, 7) is 9.59. The van der Waals surface area contributed by atoms with Crippen molar-refractivity contribution in [2.24, 2.45) is 14.1 Å². The van der Waals surface area contributed by atoms with Gasteiger partial charge in [0.25, 0.3) is 11.8 Å². The maximum absolute atomic E-state index is 12.1. The van der Waals surface area contributed by atoms with Crippen LogP contribution in [0.4, 0.5) is 14.4 Å². The number of aryl methyl sites for hydroxylation is 1. The van der Waals surface area contributed by atoms with Crippen molar-refractivity contribution < 1.29 is 47.5 Å². The van der Waals surface area contributed by atoms with Crippen molar-refractivity contribution in [3.63, 3.8) is 0 Å². The maximum Gasteiger partial charge on any atom is 0.417 e. The molecule has 3 aliphatic heterocycles. The predicted molar refractivity (Wildman–Crippen MR) is 295 cm³/mol. The van der Waals surface area contributed by atoms with Crippen molar-refractivity contribution in [1.82, 2.24) is 53.1 Å². The summed E-state index contributed by atoms with van der Waals surface area (Å²) in [4.78, 5) is 103. The van der Waals surface area contributed by atoms with Crippen LogP contribution in [0.2, 0.25) is 0 Å². The predicted octanol–water partition coefficient (Wildman–Crippen LogP) is 7.01. The van der Waals surface area contributed by atoms with Gasteiger partial charge in [-0.25, -0.2) is 47.4 Å². The SMILES string of the molecule is CCCCn1c(=O)n(C)c(=O)n1-c1ccccc1.CCOC1C(=O)N(C)C(=O)N1Cc1ccccc1.CN1C(=O)CN(Cc2ccccc2)C1=O.CN1C(=O)OC(C)(C)C1=O.Cn1on(Cc2ccccc2)n(-c2ccccc2)o1. The number of imide groups is 3. The Labute approximate surface area is 462 Å². The fraction of sp³-hybridized carbons (Fsp3) is 0.333. The van der Waals surface area contributed by atoms with E-state index in [1.807, 2.05) is 152 Å². The van der Waals surface area contributed by atoms with E-state index < -0.39 is 17.9 Å². The van der Waals surface area contributed by atoms with Gasteiger partial charge in [-0.2, -0.15) is 4.68 Å². The monoisotopic (exact) mass is 1100 g/mol. The maximum atomic E-state index is 12.1. The molecule has 0 N–H and O–H groups in total. The fourth-order valence-electron chi connectivity index (χ4n) is 8.14. The largest absolute Gasteiger partial charge is 0.433 e. The lowest BCUT2D eigenvalue weighted by Gasteiger charge is -2.21. The highest BCUT2D eigenvalue weighted by atomic mass is 16.9. The fourth-order valence-corrected chi connectivity index (χ4v) is 8.14. The second-order valence-corrected chi connectivity index (χ2v) is 18.9. The lowest BCUT2D eigenvalue weighted by Crippen LogP contribution is -2.36. The van der Waals surface area contributed by atoms with Crippen molar-refractivity contribution in [3.05, 3.63) is 189 Å². The number of nitrogens with zero attached hydrogens (tertiary/aromatic N) is 11. The molecule has 80 heavy (non-hydrogen) atoms. The Kier molecular flexibility index (Phi) is 20.8. The van der Waals surface area contributed by atoms with E-state index in [4.69, 9.17) is 18.7 Å². The molecule has 0 aliphatic carbocycles. The first-order valence-corrected chi connectivity index (χ1v) is 25.8. The van der Waals surface area contributed by atoms with E-state index in [-0.39, 0.29) is 47.7 Å². The number of para-hydroxylation sites is 2. The van der Waals surface area contributed by atoms with E-state index >= 15 is 0 Å². The molecule has 5 aromatic carbocycles. The highest BCUT2D eigenvalue weighted by Gasteiger charge is 2.45. The summed E-state index contributed by atoms with van der Waals surface area (Å²) in [6, 6.07) is 47.8. The zero-order chi connectivity index (χ0) is 58.1. The van der Waals surface area contributed by atoms with Crippen molar-refractivity contribution in [2.45, 2.75) is 78.5 Å². The average molecular weight is 1100 g/mol. The first kappa shape index (κ1) is 59.9. The Morgan fingerprint density at radius 3 is 1.51 bits per heavy atom. The van der Waals surface area contributed by atoms with Gasteiger partial charge in [-0.1, -0.05) is 150 Å². The zero-order valence-corrected chi connectivity index (χ0v) is 46.5. The Hall–Kier alpha value is -9.38. The van der Waals surface area contributed by atoms with Gasteiger partial charge >= 0.3 is 29.5 Å². The summed E-state index contributed by atoms with van der Waals surface area (Å²) < 4.78 is 25.2. The Bertz CT molecular complexity index is 3330. The minimum atomic E-state index is -0.966. The van der Waals surface area contributed by atoms with Crippen LogP contribution < -0.4 is 11.4 Å². The summed E-state index contributed by atoms with van der Waals surface area (Å²) in [5, 5.41) is 0. The van der Waals surface area contributed by atoms with Gasteiger partial charge in [0.1, 0.15) is 18.8 Å². The van der Waals surface area contributed by atoms with Crippen molar-refractivity contribution >= 4 is 35.9 Å². The molecule has 3 saturated heterocycles. The number of carbonyl (C=O) groups is 6. The highest BCUT2D eigenvalue weighted by molar-refractivity contribution is 6.03. The molecular weight excluding hydrogens is 1030 g/mol. The smallest absolute Gasteiger partial charge is 0.417 e. The number of cyclic esters (lactones) is 1. The minimum Gasteiger partial charge on any atom is -0.433 e. The molecule has 7 aromatic rings. The molecule has 0 spiro atoms. The molecule has 3 aliphatic rings. The van der Waals surface area contributed by atoms with E-state index in [2.05, 4.69) is 6.92 Å². The van der Waals surface area contributed by atoms with Gasteiger partial charge in [-0.05, 0) is 73.1 Å². The van der Waals surface area contributed by atoms with E-state index in [9.17, 15) is 38.4 Å². The number of hydrogen-bond donors (Lipinski definition) is 0. The number of benzene rings is 5. The number of unbranched alkanes of at least 4 members (excludes halogenated alkanes) is 1. The van der Waals surface area contributed by atoms with Gasteiger partial charge < -0.3 is 14.4 Å². The van der Waals surface area contributed by atoms with Gasteiger partial charge in [0.15, 0.2) is 5.60 Å². The third-order valence-corrected chi connectivity index (χ3v) is 12.5. The zero-order valence-electron chi connectivity index (χ0n) is 46.5. The van der Waals surface area contributed by atoms with Crippen molar-refractivity contribution in [2.75, 3.05) is 34.3 Å². The highest BCUT2D eigenvalue weighted by Crippen LogP contribution is 2.22. The van der Waals surface area contributed by atoms with E-state index in [0.29, 0.717) is 32.8 Å². The van der Waals surface area contributed by atoms with Crippen LogP contribution in [0.5, 0.6) is 0 Å². The van der Waals surface area contributed by atoms with Gasteiger partial charge in [0, 0.05) is 47.9 Å². The molecule has 0 bridgehead atoms. The quantitative estimate of drug-likeness (QED) is 0.106. The number of ether oxygens (including phenoxy) is 2. The number of rotatable bonds is 13. The molecule has 23 heteroatoms. The van der Waals surface area contributed by atoms with E-state index in [1.165, 1.54) is 52.3 Å². The number of aromatic nitrogens is 6. The number of carbonyl (C=O) groups excluding carboxylic acids is 6. The van der Waals surface area contributed by atoms with E-state index in [1.54, 1.807) is 37.5 Å². The lowest BCUT2D eigenvalue weighted by atomic mass is 10.1. The number of urea groups is 2. The third kappa shape index (κ3) is 15.0. The van der Waals surface area contributed by atoms with Crippen LogP contribution in [-0.2, 0) is 64.1 Å². The molecule has 1 unspecified atom stereocenters. The Morgan fingerprint density at radius 2 is 1.06 bits per heavy atom. The summed E-state index contributed by atoms with van der Waals surface area (Å²) >= 11 is 0. The molecule has 1 atom stereocenters. The second-order valence-electron chi connectivity index (χ2n) is 18.9. The van der Waals surface area contributed by atoms with Crippen LogP contribution in [0.3, 0.4) is 0 Å².